The van der Waals surface area contributed by atoms with Crippen molar-refractivity contribution in [2.75, 3.05) is 0 Å². The number of nitrogens with zero attached hydrogens (tertiary/aromatic N) is 4. The molecule has 0 aromatic carbocycles. The van der Waals surface area contributed by atoms with Gasteiger partial charge in [0.25, 0.3) is 0 Å². The summed E-state index contributed by atoms with van der Waals surface area (Å²) in [5, 5.41) is 17.9. The van der Waals surface area contributed by atoms with Gasteiger partial charge in [-0.05, 0) is 20.8 Å². The molecule has 0 amide bonds. The molecule has 0 saturated carbocycles. The molecule has 0 aliphatic heterocycles. The van der Waals surface area contributed by atoms with Gasteiger partial charge < -0.3 is 5.11 Å². The van der Waals surface area contributed by atoms with Crippen molar-refractivity contribution in [3.05, 3.63) is 23.1 Å². The van der Waals surface area contributed by atoms with Crippen LogP contribution >= 0.6 is 0 Å². The monoisotopic (exact) mass is 248 g/mol. The molecule has 6 heteroatoms. The Morgan fingerprint density at radius 2 is 2.06 bits per heavy atom. The van der Waals surface area contributed by atoms with E-state index in [-0.39, 0.29) is 5.56 Å². The fourth-order valence-corrected chi connectivity index (χ4v) is 2.04. The third kappa shape index (κ3) is 1.79. The van der Waals surface area contributed by atoms with Crippen molar-refractivity contribution in [3.8, 4) is 11.3 Å². The van der Waals surface area contributed by atoms with Gasteiger partial charge in [-0.3, -0.25) is 9.36 Å². The number of rotatable bonds is 3. The van der Waals surface area contributed by atoms with Crippen LogP contribution in [0.2, 0.25) is 0 Å². The molecule has 0 saturated heterocycles. The summed E-state index contributed by atoms with van der Waals surface area (Å²) in [7, 11) is 1.84. The predicted molar refractivity (Wildman–Crippen MR) is 66.5 cm³/mol. The van der Waals surface area contributed by atoms with Crippen LogP contribution in [0, 0.1) is 13.8 Å². The number of carboxylic acids is 1. The van der Waals surface area contributed by atoms with E-state index in [1.807, 2.05) is 27.8 Å². The zero-order valence-electron chi connectivity index (χ0n) is 10.9. The second-order valence-corrected chi connectivity index (χ2v) is 4.22. The average Bonchev–Trinajstić information content (AvgIpc) is 2.82. The summed E-state index contributed by atoms with van der Waals surface area (Å²) < 4.78 is 3.37. The highest BCUT2D eigenvalue weighted by atomic mass is 16.4. The lowest BCUT2D eigenvalue weighted by Crippen LogP contribution is -1.98. The van der Waals surface area contributed by atoms with Gasteiger partial charge in [-0.25, -0.2) is 4.79 Å². The van der Waals surface area contributed by atoms with Crippen molar-refractivity contribution in [1.82, 2.24) is 19.6 Å². The molecule has 0 fully saturated rings. The van der Waals surface area contributed by atoms with E-state index in [1.165, 1.54) is 0 Å². The molecule has 2 aromatic rings. The molecule has 1 N–H and O–H groups in total. The van der Waals surface area contributed by atoms with Gasteiger partial charge in [0.05, 0.1) is 5.69 Å². The van der Waals surface area contributed by atoms with Crippen LogP contribution in [0.15, 0.2) is 6.20 Å². The Hall–Kier alpha value is -2.11. The number of aryl methyl sites for hydroxylation is 3. The Balaban J connectivity index is 2.69. The van der Waals surface area contributed by atoms with Crippen molar-refractivity contribution in [3.63, 3.8) is 0 Å². The van der Waals surface area contributed by atoms with Gasteiger partial charge in [-0.15, -0.1) is 0 Å². The fraction of sp³-hybridized carbons (Fsp3) is 0.417. The van der Waals surface area contributed by atoms with Crippen LogP contribution in [0.5, 0.6) is 0 Å². The topological polar surface area (TPSA) is 72.9 Å². The number of carboxylic acid groups (broad SMARTS) is 1. The van der Waals surface area contributed by atoms with E-state index in [0.717, 1.165) is 17.0 Å². The summed E-state index contributed by atoms with van der Waals surface area (Å²) in [6.45, 7) is 6.33. The smallest absolute Gasteiger partial charge is 0.339 e. The standard InChI is InChI=1S/C12H16N4O2/c1-5-16-6-9(12(17)18)11(14-16)10-7(2)13-15(4)8(10)3/h6H,5H2,1-4H3,(H,17,18). The van der Waals surface area contributed by atoms with E-state index in [2.05, 4.69) is 10.2 Å². The minimum atomic E-state index is -0.965. The molecule has 0 spiro atoms. The SMILES string of the molecule is CCn1cc(C(=O)O)c(-c2c(C)nn(C)c2C)n1. The van der Waals surface area contributed by atoms with Crippen molar-refractivity contribution in [1.29, 1.82) is 0 Å². The van der Waals surface area contributed by atoms with Gasteiger partial charge in [0.15, 0.2) is 0 Å². The zero-order chi connectivity index (χ0) is 13.4. The molecule has 2 rings (SSSR count). The molecule has 0 unspecified atom stereocenters. The van der Waals surface area contributed by atoms with E-state index in [4.69, 9.17) is 0 Å². The third-order valence-corrected chi connectivity index (χ3v) is 3.06. The maximum Gasteiger partial charge on any atom is 0.339 e. The highest BCUT2D eigenvalue weighted by molar-refractivity contribution is 5.95. The molecule has 18 heavy (non-hydrogen) atoms. The quantitative estimate of drug-likeness (QED) is 0.895. The molecule has 2 heterocycles. The first-order valence-corrected chi connectivity index (χ1v) is 5.77. The summed E-state index contributed by atoms with van der Waals surface area (Å²) in [5.41, 5.74) is 3.22. The number of hydrogen-bond acceptors (Lipinski definition) is 3. The molecule has 96 valence electrons. The fourth-order valence-electron chi connectivity index (χ4n) is 2.04. The number of carbonyl (C=O) groups is 1. The van der Waals surface area contributed by atoms with Gasteiger partial charge >= 0.3 is 5.97 Å². The predicted octanol–water partition coefficient (Wildman–Crippen LogP) is 1.62. The summed E-state index contributed by atoms with van der Waals surface area (Å²) >= 11 is 0. The first-order valence-electron chi connectivity index (χ1n) is 5.77. The normalized spacial score (nSPS) is 10.9. The van der Waals surface area contributed by atoms with Gasteiger partial charge in [0, 0.05) is 31.0 Å². The maximum atomic E-state index is 11.3. The molecule has 0 atom stereocenters. The van der Waals surface area contributed by atoms with Crippen molar-refractivity contribution >= 4 is 5.97 Å². The first kappa shape index (κ1) is 12.3. The Kier molecular flexibility index (Phi) is 2.94. The van der Waals surface area contributed by atoms with Crippen molar-refractivity contribution in [2.45, 2.75) is 27.3 Å². The molecule has 0 aliphatic rings. The van der Waals surface area contributed by atoms with Crippen LogP contribution in [0.25, 0.3) is 11.3 Å². The third-order valence-electron chi connectivity index (χ3n) is 3.06. The molecule has 0 radical (unpaired) electrons. The molecule has 6 nitrogen and oxygen atoms in total. The molecule has 2 aromatic heterocycles. The van der Waals surface area contributed by atoms with Crippen LogP contribution in [0.1, 0.15) is 28.7 Å². The van der Waals surface area contributed by atoms with Gasteiger partial charge in [-0.1, -0.05) is 0 Å². The maximum absolute atomic E-state index is 11.3. The molecular weight excluding hydrogens is 232 g/mol. The van der Waals surface area contributed by atoms with Crippen LogP contribution in [0.3, 0.4) is 0 Å². The zero-order valence-corrected chi connectivity index (χ0v) is 10.9. The van der Waals surface area contributed by atoms with Gasteiger partial charge in [-0.2, -0.15) is 10.2 Å². The van der Waals surface area contributed by atoms with E-state index in [9.17, 15) is 9.90 Å². The summed E-state index contributed by atoms with van der Waals surface area (Å²) in [6.07, 6.45) is 1.56. The first-order chi connectivity index (χ1) is 8.45. The second-order valence-electron chi connectivity index (χ2n) is 4.22. The highest BCUT2D eigenvalue weighted by Crippen LogP contribution is 2.28. The van der Waals surface area contributed by atoms with Gasteiger partial charge in [0.2, 0.25) is 0 Å². The van der Waals surface area contributed by atoms with Crippen molar-refractivity contribution < 1.29 is 9.90 Å². The lowest BCUT2D eigenvalue weighted by molar-refractivity contribution is 0.0697. The lowest BCUT2D eigenvalue weighted by Gasteiger charge is -1.99. The highest BCUT2D eigenvalue weighted by Gasteiger charge is 2.22. The Labute approximate surface area is 105 Å². The Bertz CT molecular complexity index is 610. The Morgan fingerprint density at radius 1 is 1.39 bits per heavy atom. The summed E-state index contributed by atoms with van der Waals surface area (Å²) in [4.78, 5) is 11.3. The van der Waals surface area contributed by atoms with Gasteiger partial charge in [0.1, 0.15) is 11.3 Å². The molecule has 0 bridgehead atoms. The average molecular weight is 248 g/mol. The van der Waals surface area contributed by atoms with E-state index >= 15 is 0 Å². The van der Waals surface area contributed by atoms with Crippen LogP contribution < -0.4 is 0 Å². The molecular formula is C12H16N4O2. The number of aromatic carboxylic acids is 1. The second kappa shape index (κ2) is 4.29. The number of hydrogen-bond donors (Lipinski definition) is 1. The largest absolute Gasteiger partial charge is 0.478 e. The minimum absolute atomic E-state index is 0.219. The summed E-state index contributed by atoms with van der Waals surface area (Å²) in [5.74, 6) is -0.965. The van der Waals surface area contributed by atoms with E-state index in [0.29, 0.717) is 12.2 Å². The number of aromatic nitrogens is 4. The minimum Gasteiger partial charge on any atom is -0.478 e. The van der Waals surface area contributed by atoms with Crippen LogP contribution in [-0.4, -0.2) is 30.6 Å². The lowest BCUT2D eigenvalue weighted by atomic mass is 10.1. The van der Waals surface area contributed by atoms with Crippen LogP contribution in [0.4, 0.5) is 0 Å². The Morgan fingerprint density at radius 3 is 2.50 bits per heavy atom. The van der Waals surface area contributed by atoms with Crippen LogP contribution in [-0.2, 0) is 13.6 Å². The van der Waals surface area contributed by atoms with Crippen molar-refractivity contribution in [2.24, 2.45) is 7.05 Å². The van der Waals surface area contributed by atoms with E-state index in [1.54, 1.807) is 15.6 Å². The molecule has 0 aliphatic carbocycles. The summed E-state index contributed by atoms with van der Waals surface area (Å²) in [6, 6.07) is 0. The van der Waals surface area contributed by atoms with E-state index < -0.39 is 5.97 Å².